The number of allylic oxidation sites excluding steroid dienone is 1. The first-order valence-corrected chi connectivity index (χ1v) is 17.6. The molecule has 0 spiro atoms. The van der Waals surface area contributed by atoms with Crippen molar-refractivity contribution in [1.29, 1.82) is 5.41 Å². The molecule has 0 saturated heterocycles. The average Bonchev–Trinajstić information content (AvgIpc) is 3.54. The monoisotopic (exact) mass is 658 g/mol. The predicted molar refractivity (Wildman–Crippen MR) is 218 cm³/mol. The maximum absolute atomic E-state index is 7.30. The number of rotatable bonds is 6. The van der Waals surface area contributed by atoms with Gasteiger partial charge in [0.15, 0.2) is 0 Å². The van der Waals surface area contributed by atoms with Crippen molar-refractivity contribution in [2.75, 3.05) is 0 Å². The van der Waals surface area contributed by atoms with Gasteiger partial charge in [0.2, 0.25) is 0 Å². The molecule has 1 aliphatic rings. The predicted octanol–water partition coefficient (Wildman–Crippen LogP) is 13.1. The van der Waals surface area contributed by atoms with Crippen LogP contribution in [-0.4, -0.2) is 11.2 Å². The molecule has 9 aromatic rings. The van der Waals surface area contributed by atoms with Crippen molar-refractivity contribution in [2.24, 2.45) is 0 Å². The van der Waals surface area contributed by atoms with E-state index in [0.29, 0.717) is 0 Å². The van der Waals surface area contributed by atoms with E-state index >= 15 is 0 Å². The molecule has 1 aromatic heterocycles. The molecule has 8 aromatic carbocycles. The molecule has 0 saturated carbocycles. The normalized spacial score (nSPS) is 11.7. The molecule has 0 amide bonds. The zero-order valence-electron chi connectivity index (χ0n) is 28.2. The van der Waals surface area contributed by atoms with Gasteiger partial charge in [0, 0.05) is 17.3 Å². The van der Waals surface area contributed by atoms with Gasteiger partial charge in [0.05, 0.1) is 16.6 Å². The van der Waals surface area contributed by atoms with Gasteiger partial charge in [-0.15, -0.1) is 0 Å². The summed E-state index contributed by atoms with van der Waals surface area (Å²) < 4.78 is 0. The molecule has 1 aliphatic carbocycles. The quantitative estimate of drug-likeness (QED) is 0.177. The lowest BCUT2D eigenvalue weighted by Gasteiger charge is -2.20. The van der Waals surface area contributed by atoms with Crippen molar-refractivity contribution in [3.63, 3.8) is 0 Å². The van der Waals surface area contributed by atoms with Crippen molar-refractivity contribution in [3.05, 3.63) is 181 Å². The summed E-state index contributed by atoms with van der Waals surface area (Å²) in [5.41, 5.74) is 16.3. The molecule has 240 valence electrons. The zero-order valence-corrected chi connectivity index (χ0v) is 28.2. The Hall–Kier alpha value is -7.08. The highest BCUT2D eigenvalue weighted by atomic mass is 14.7. The van der Waals surface area contributed by atoms with Gasteiger partial charge in [0.1, 0.15) is 0 Å². The minimum Gasteiger partial charge on any atom is -0.309 e. The zero-order chi connectivity index (χ0) is 34.6. The number of benzene rings is 7. The Morgan fingerprint density at radius 3 is 1.73 bits per heavy atom. The summed E-state index contributed by atoms with van der Waals surface area (Å²) >= 11 is 0. The van der Waals surface area contributed by atoms with Gasteiger partial charge < -0.3 is 5.41 Å². The van der Waals surface area contributed by atoms with Crippen LogP contribution in [0.3, 0.4) is 0 Å². The van der Waals surface area contributed by atoms with Gasteiger partial charge in [-0.25, -0.2) is 4.98 Å². The topological polar surface area (TPSA) is 36.7 Å². The molecule has 0 bridgehead atoms. The summed E-state index contributed by atoms with van der Waals surface area (Å²) in [6.07, 6.45) is 4.78. The lowest BCUT2D eigenvalue weighted by Crippen LogP contribution is -1.93. The number of pyridine rings is 1. The molecule has 1 heterocycles. The van der Waals surface area contributed by atoms with E-state index in [1.165, 1.54) is 83.4 Å². The van der Waals surface area contributed by atoms with Crippen LogP contribution in [0.4, 0.5) is 0 Å². The molecule has 2 heteroatoms. The van der Waals surface area contributed by atoms with Gasteiger partial charge in [-0.2, -0.15) is 0 Å². The highest BCUT2D eigenvalue weighted by molar-refractivity contribution is 6.28. The lowest BCUT2D eigenvalue weighted by atomic mass is 9.82. The molecule has 0 atom stereocenters. The summed E-state index contributed by atoms with van der Waals surface area (Å²) in [5, 5.41) is 13.3. The Labute approximate surface area is 302 Å². The molecule has 0 aliphatic heterocycles. The van der Waals surface area contributed by atoms with Gasteiger partial charge in [-0.3, -0.25) is 0 Å². The van der Waals surface area contributed by atoms with Crippen LogP contribution < -0.4 is 0 Å². The van der Waals surface area contributed by atoms with Crippen molar-refractivity contribution < 1.29 is 0 Å². The molecule has 52 heavy (non-hydrogen) atoms. The second kappa shape index (κ2) is 12.1. The highest BCUT2D eigenvalue weighted by Crippen LogP contribution is 2.58. The summed E-state index contributed by atoms with van der Waals surface area (Å²) in [6, 6.07) is 63.3. The Morgan fingerprint density at radius 2 is 1.06 bits per heavy atom. The van der Waals surface area contributed by atoms with Gasteiger partial charge in [-0.1, -0.05) is 152 Å². The van der Waals surface area contributed by atoms with Crippen LogP contribution in [0.25, 0.3) is 105 Å². The third-order valence-corrected chi connectivity index (χ3v) is 10.3. The van der Waals surface area contributed by atoms with Crippen molar-refractivity contribution in [2.45, 2.75) is 0 Å². The Balaban J connectivity index is 1.15. The number of hydrogen-bond donors (Lipinski definition) is 1. The highest BCUT2D eigenvalue weighted by Gasteiger charge is 2.31. The fourth-order valence-corrected chi connectivity index (χ4v) is 8.10. The summed E-state index contributed by atoms with van der Waals surface area (Å²) in [4.78, 5) is 4.97. The number of hydrogen-bond acceptors (Lipinski definition) is 2. The van der Waals surface area contributed by atoms with Crippen LogP contribution in [0.1, 0.15) is 5.56 Å². The molecular formula is C50H30N2. The third kappa shape index (κ3) is 4.68. The van der Waals surface area contributed by atoms with Crippen LogP contribution in [0.15, 0.2) is 164 Å². The fraction of sp³-hybridized carbons (Fsp3) is 0. The Morgan fingerprint density at radius 1 is 0.462 bits per heavy atom. The van der Waals surface area contributed by atoms with Crippen LogP contribution >= 0.6 is 0 Å². The SMILES string of the molecule is N=C/C=C\c1c#cc2ccc(-c3ccc(-c4ccc5c6c(cccc46)-c4c-5c(-c5ccccc5)c5ccccc5c4-c4ccccc4)cc3)nc2c1. The van der Waals surface area contributed by atoms with Gasteiger partial charge >= 0.3 is 0 Å². The molecule has 0 radical (unpaired) electrons. The van der Waals surface area contributed by atoms with E-state index in [9.17, 15) is 0 Å². The van der Waals surface area contributed by atoms with Crippen LogP contribution in [-0.2, 0) is 0 Å². The molecule has 0 fully saturated rings. The Bertz CT molecular complexity index is 2790. The minimum atomic E-state index is 0.852. The van der Waals surface area contributed by atoms with Crippen molar-refractivity contribution in [3.8, 4) is 66.9 Å². The van der Waals surface area contributed by atoms with E-state index in [-0.39, 0.29) is 0 Å². The first-order chi connectivity index (χ1) is 25.8. The van der Waals surface area contributed by atoms with E-state index in [1.807, 2.05) is 24.3 Å². The maximum atomic E-state index is 7.30. The largest absolute Gasteiger partial charge is 0.309 e. The van der Waals surface area contributed by atoms with E-state index in [2.05, 4.69) is 152 Å². The lowest BCUT2D eigenvalue weighted by molar-refractivity contribution is 1.40. The number of nitrogens with one attached hydrogen (secondary N) is 1. The van der Waals surface area contributed by atoms with Crippen LogP contribution in [0.5, 0.6) is 0 Å². The molecule has 10 rings (SSSR count). The first kappa shape index (κ1) is 29.8. The smallest absolute Gasteiger partial charge is 0.0806 e. The summed E-state index contributed by atoms with van der Waals surface area (Å²) in [6.45, 7) is 0. The molecule has 0 unspecified atom stereocenters. The first-order valence-electron chi connectivity index (χ1n) is 17.6. The number of fused-ring (bicyclic) bond motifs is 5. The van der Waals surface area contributed by atoms with E-state index in [1.54, 1.807) is 6.08 Å². The summed E-state index contributed by atoms with van der Waals surface area (Å²) in [5.74, 6) is 0. The van der Waals surface area contributed by atoms with Gasteiger partial charge in [-0.05, 0) is 108 Å². The Kier molecular flexibility index (Phi) is 6.91. The number of nitrogens with zero attached hydrogens (tertiary/aromatic N) is 1. The van der Waals surface area contributed by atoms with Gasteiger partial charge in [0.25, 0.3) is 0 Å². The van der Waals surface area contributed by atoms with Crippen LogP contribution in [0, 0.1) is 17.5 Å². The standard InChI is InChI=1S/C50H30N2/c51-30-10-11-32-20-21-35-26-29-44(52-45(35)31-32)34-24-22-33(23-25-34)38-27-28-43-48-39(38)18-9-19-42(48)49-46(36-12-3-1-4-13-36)40-16-7-8-17-41(40)47(50(43)49)37-14-5-2-6-15-37/h1-19,22-31,51H/b11-10-,51-30?. The second-order valence-electron chi connectivity index (χ2n) is 13.2. The minimum absolute atomic E-state index is 0.852. The van der Waals surface area contributed by atoms with E-state index < -0.39 is 0 Å². The fourth-order valence-electron chi connectivity index (χ4n) is 8.10. The maximum Gasteiger partial charge on any atom is 0.0806 e. The summed E-state index contributed by atoms with van der Waals surface area (Å²) in [7, 11) is 0. The van der Waals surface area contributed by atoms with E-state index in [4.69, 9.17) is 10.4 Å². The molecular weight excluding hydrogens is 629 g/mol. The molecule has 2 nitrogen and oxygen atoms in total. The number of aromatic nitrogens is 1. The van der Waals surface area contributed by atoms with Crippen molar-refractivity contribution >= 4 is 44.7 Å². The van der Waals surface area contributed by atoms with Crippen molar-refractivity contribution in [1.82, 2.24) is 4.98 Å². The van der Waals surface area contributed by atoms with Crippen LogP contribution in [0.2, 0.25) is 0 Å². The van der Waals surface area contributed by atoms with E-state index in [0.717, 1.165) is 27.7 Å². The molecule has 1 N–H and O–H groups in total. The third-order valence-electron chi connectivity index (χ3n) is 10.3. The average molecular weight is 659 g/mol. The second-order valence-corrected chi connectivity index (χ2v) is 13.2.